The minimum absolute atomic E-state index is 1.06. The predicted octanol–water partition coefficient (Wildman–Crippen LogP) is 2.34. The lowest BCUT2D eigenvalue weighted by Crippen LogP contribution is -2.07. The van der Waals surface area contributed by atoms with Gasteiger partial charge in [-0.1, -0.05) is 33.1 Å². The average Bonchev–Trinajstić information content (AvgIpc) is 1.89. The van der Waals surface area contributed by atoms with E-state index in [1.807, 2.05) is 0 Å². The van der Waals surface area contributed by atoms with E-state index in [1.54, 1.807) is 0 Å². The highest BCUT2D eigenvalue weighted by Gasteiger charge is 1.84. The SMILES string of the molecule is CCCCC[CH]NCC. The standard InChI is InChI=1S/C8H18N/c1-3-5-6-7-8-9-4-2/h8-9H,3-7H2,1-2H3. The quantitative estimate of drug-likeness (QED) is 0.541. The fraction of sp³-hybridized carbons (Fsp3) is 0.875. The first kappa shape index (κ1) is 8.96. The zero-order valence-corrected chi connectivity index (χ0v) is 6.61. The van der Waals surface area contributed by atoms with Crippen LogP contribution in [0.1, 0.15) is 39.5 Å². The van der Waals surface area contributed by atoms with Crippen molar-refractivity contribution in [3.05, 3.63) is 6.54 Å². The van der Waals surface area contributed by atoms with E-state index in [2.05, 4.69) is 25.7 Å². The van der Waals surface area contributed by atoms with Gasteiger partial charge in [-0.15, -0.1) is 0 Å². The van der Waals surface area contributed by atoms with Crippen molar-refractivity contribution >= 4 is 0 Å². The molecule has 0 amide bonds. The number of rotatable bonds is 6. The number of nitrogens with one attached hydrogen (secondary N) is 1. The first-order valence-electron chi connectivity index (χ1n) is 3.96. The molecule has 0 aromatic carbocycles. The smallest absolute Gasteiger partial charge is 0.0221 e. The van der Waals surface area contributed by atoms with Gasteiger partial charge in [-0.25, -0.2) is 0 Å². The zero-order chi connectivity index (χ0) is 6.95. The first-order chi connectivity index (χ1) is 4.41. The van der Waals surface area contributed by atoms with Crippen LogP contribution in [0.25, 0.3) is 0 Å². The Morgan fingerprint density at radius 3 is 2.56 bits per heavy atom. The molecule has 0 unspecified atom stereocenters. The Kier molecular flexibility index (Phi) is 7.92. The largest absolute Gasteiger partial charge is 0.313 e. The summed E-state index contributed by atoms with van der Waals surface area (Å²) >= 11 is 0. The lowest BCUT2D eigenvalue weighted by molar-refractivity contribution is 0.669. The van der Waals surface area contributed by atoms with Gasteiger partial charge in [0.2, 0.25) is 0 Å². The van der Waals surface area contributed by atoms with Crippen LogP contribution < -0.4 is 5.32 Å². The van der Waals surface area contributed by atoms with E-state index in [9.17, 15) is 0 Å². The maximum absolute atomic E-state index is 3.18. The van der Waals surface area contributed by atoms with Crippen LogP contribution in [-0.2, 0) is 0 Å². The Morgan fingerprint density at radius 2 is 2.00 bits per heavy atom. The second-order valence-electron chi connectivity index (χ2n) is 2.26. The van der Waals surface area contributed by atoms with Crippen molar-refractivity contribution in [2.45, 2.75) is 39.5 Å². The highest BCUT2D eigenvalue weighted by molar-refractivity contribution is 4.58. The van der Waals surface area contributed by atoms with E-state index in [4.69, 9.17) is 0 Å². The van der Waals surface area contributed by atoms with Gasteiger partial charge in [0.25, 0.3) is 0 Å². The Balaban J connectivity index is 2.60. The fourth-order valence-electron chi connectivity index (χ4n) is 0.743. The summed E-state index contributed by atoms with van der Waals surface area (Å²) in [5, 5.41) is 3.18. The summed E-state index contributed by atoms with van der Waals surface area (Å²) in [6.45, 7) is 7.57. The maximum Gasteiger partial charge on any atom is 0.0221 e. The Hall–Kier alpha value is -0.0400. The molecule has 1 heteroatoms. The summed E-state index contributed by atoms with van der Waals surface area (Å²) in [5.41, 5.74) is 0. The van der Waals surface area contributed by atoms with E-state index in [-0.39, 0.29) is 0 Å². The molecule has 55 valence electrons. The molecule has 1 radical (unpaired) electrons. The molecule has 0 aromatic heterocycles. The summed E-state index contributed by atoms with van der Waals surface area (Å²) in [6.07, 6.45) is 5.24. The van der Waals surface area contributed by atoms with Crippen LogP contribution in [0.3, 0.4) is 0 Å². The molecule has 0 saturated heterocycles. The Labute approximate surface area is 58.8 Å². The lowest BCUT2D eigenvalue weighted by atomic mass is 10.2. The van der Waals surface area contributed by atoms with E-state index >= 15 is 0 Å². The normalized spacial score (nSPS) is 10.0. The van der Waals surface area contributed by atoms with Crippen LogP contribution in [0.2, 0.25) is 0 Å². The number of hydrogen-bond acceptors (Lipinski definition) is 1. The third-order valence-electron chi connectivity index (χ3n) is 1.30. The maximum atomic E-state index is 3.18. The molecular weight excluding hydrogens is 110 g/mol. The van der Waals surface area contributed by atoms with Gasteiger partial charge in [0.05, 0.1) is 0 Å². The average molecular weight is 128 g/mol. The van der Waals surface area contributed by atoms with Gasteiger partial charge < -0.3 is 5.32 Å². The van der Waals surface area contributed by atoms with Gasteiger partial charge in [0.15, 0.2) is 0 Å². The van der Waals surface area contributed by atoms with Crippen molar-refractivity contribution in [2.75, 3.05) is 6.54 Å². The van der Waals surface area contributed by atoms with Crippen LogP contribution >= 0.6 is 0 Å². The molecule has 0 bridgehead atoms. The molecule has 0 aliphatic rings. The molecule has 0 saturated carbocycles. The van der Waals surface area contributed by atoms with Crippen LogP contribution in [0.5, 0.6) is 0 Å². The van der Waals surface area contributed by atoms with Crippen molar-refractivity contribution in [3.63, 3.8) is 0 Å². The van der Waals surface area contributed by atoms with Crippen LogP contribution in [0.4, 0.5) is 0 Å². The third kappa shape index (κ3) is 7.96. The molecule has 1 nitrogen and oxygen atoms in total. The molecule has 9 heavy (non-hydrogen) atoms. The van der Waals surface area contributed by atoms with Crippen molar-refractivity contribution in [1.29, 1.82) is 0 Å². The van der Waals surface area contributed by atoms with Crippen LogP contribution in [0, 0.1) is 6.54 Å². The van der Waals surface area contributed by atoms with E-state index in [0.29, 0.717) is 0 Å². The third-order valence-corrected chi connectivity index (χ3v) is 1.30. The minimum Gasteiger partial charge on any atom is -0.313 e. The molecule has 1 N–H and O–H groups in total. The second kappa shape index (κ2) is 7.96. The fourth-order valence-corrected chi connectivity index (χ4v) is 0.743. The molecule has 0 aliphatic heterocycles. The topological polar surface area (TPSA) is 12.0 Å². The van der Waals surface area contributed by atoms with Gasteiger partial charge in [0, 0.05) is 6.54 Å². The molecule has 0 rings (SSSR count). The van der Waals surface area contributed by atoms with E-state index < -0.39 is 0 Å². The van der Waals surface area contributed by atoms with Crippen molar-refractivity contribution in [3.8, 4) is 0 Å². The highest BCUT2D eigenvalue weighted by Crippen LogP contribution is 1.98. The molecule has 0 aliphatic carbocycles. The monoisotopic (exact) mass is 128 g/mol. The summed E-state index contributed by atoms with van der Waals surface area (Å²) in [7, 11) is 0. The zero-order valence-electron chi connectivity index (χ0n) is 6.61. The number of unbranched alkanes of at least 4 members (excludes halogenated alkanes) is 3. The van der Waals surface area contributed by atoms with Crippen LogP contribution in [-0.4, -0.2) is 6.54 Å². The summed E-state index contributed by atoms with van der Waals surface area (Å²) < 4.78 is 0. The first-order valence-corrected chi connectivity index (χ1v) is 3.96. The molecule has 0 fully saturated rings. The molecule has 0 spiro atoms. The lowest BCUT2D eigenvalue weighted by Gasteiger charge is -1.98. The van der Waals surface area contributed by atoms with Gasteiger partial charge in [0.1, 0.15) is 0 Å². The summed E-state index contributed by atoms with van der Waals surface area (Å²) in [4.78, 5) is 0. The van der Waals surface area contributed by atoms with Crippen molar-refractivity contribution in [2.24, 2.45) is 0 Å². The van der Waals surface area contributed by atoms with Crippen molar-refractivity contribution < 1.29 is 0 Å². The Morgan fingerprint density at radius 1 is 1.22 bits per heavy atom. The highest BCUT2D eigenvalue weighted by atomic mass is 14.8. The Bertz CT molecular complexity index is 37.8. The van der Waals surface area contributed by atoms with Crippen LogP contribution in [0.15, 0.2) is 0 Å². The number of hydrogen-bond donors (Lipinski definition) is 1. The van der Waals surface area contributed by atoms with Gasteiger partial charge >= 0.3 is 0 Å². The summed E-state index contributed by atoms with van der Waals surface area (Å²) in [6, 6.07) is 0. The van der Waals surface area contributed by atoms with Gasteiger partial charge in [-0.2, -0.15) is 0 Å². The van der Waals surface area contributed by atoms with E-state index in [0.717, 1.165) is 6.54 Å². The predicted molar refractivity (Wildman–Crippen MR) is 42.1 cm³/mol. The molecule has 0 heterocycles. The second-order valence-corrected chi connectivity index (χ2v) is 2.26. The summed E-state index contributed by atoms with van der Waals surface area (Å²) in [5.74, 6) is 0. The minimum atomic E-state index is 1.06. The molecule has 0 aromatic rings. The van der Waals surface area contributed by atoms with Crippen molar-refractivity contribution in [1.82, 2.24) is 5.32 Å². The van der Waals surface area contributed by atoms with Gasteiger partial charge in [-0.05, 0) is 13.0 Å². The molecular formula is C8H18N. The molecule has 0 atom stereocenters. The van der Waals surface area contributed by atoms with E-state index in [1.165, 1.54) is 25.7 Å². The van der Waals surface area contributed by atoms with Gasteiger partial charge in [-0.3, -0.25) is 0 Å².